The van der Waals surface area contributed by atoms with Crippen LogP contribution in [0, 0.1) is 0 Å². The monoisotopic (exact) mass is 630 g/mol. The van der Waals surface area contributed by atoms with Crippen LogP contribution in [0.4, 0.5) is 0 Å². The Morgan fingerprint density at radius 1 is 0.449 bits per heavy atom. The number of hydrogen-bond donors (Lipinski definition) is 0. The molecule has 0 radical (unpaired) electrons. The van der Waals surface area contributed by atoms with Crippen LogP contribution in [0.15, 0.2) is 174 Å². The van der Waals surface area contributed by atoms with Crippen molar-refractivity contribution in [3.63, 3.8) is 0 Å². The number of pyridine rings is 2. The number of fused-ring (bicyclic) bond motifs is 7. The zero-order chi connectivity index (χ0) is 37.5. The summed E-state index contributed by atoms with van der Waals surface area (Å²) < 4.78 is 60.5. The molecule has 0 aliphatic rings. The molecule has 49 heavy (non-hydrogen) atoms. The molecule has 0 atom stereocenters. The Kier molecular flexibility index (Phi) is 4.96. The molecule has 0 bridgehead atoms. The Morgan fingerprint density at radius 3 is 1.96 bits per heavy atom. The number of rotatable bonds is 4. The number of nitrogens with zero attached hydrogens (tertiary/aromatic N) is 2. The van der Waals surface area contributed by atoms with Gasteiger partial charge in [-0.05, 0) is 73.8 Å². The van der Waals surface area contributed by atoms with E-state index in [4.69, 9.17) is 14.9 Å². The van der Waals surface area contributed by atoms with Crippen LogP contribution in [-0.4, -0.2) is 9.97 Å². The van der Waals surface area contributed by atoms with Crippen molar-refractivity contribution >= 4 is 54.1 Å². The first-order valence-corrected chi connectivity index (χ1v) is 16.1. The highest BCUT2D eigenvalue weighted by Gasteiger charge is 2.15. The SMILES string of the molecule is [2H]c1c([2H])c([2H])c2c(-c3ccc4ccc5cccnc5c4n3)c([2H])c([2H])c(-c3ccc(-c4ccc(-c5cc6ccccc6c6ccccc56)o4)cc3)c2c1[2H]. The van der Waals surface area contributed by atoms with E-state index in [0.29, 0.717) is 28.1 Å². The maximum atomic E-state index is 9.33. The van der Waals surface area contributed by atoms with Crippen LogP contribution >= 0.6 is 0 Å². The minimum Gasteiger partial charge on any atom is -0.456 e. The maximum Gasteiger partial charge on any atom is 0.135 e. The molecule has 0 fully saturated rings. The highest BCUT2D eigenvalue weighted by molar-refractivity contribution is 6.13. The van der Waals surface area contributed by atoms with Gasteiger partial charge >= 0.3 is 0 Å². The lowest BCUT2D eigenvalue weighted by atomic mass is 9.93. The minimum absolute atomic E-state index is 0.143. The standard InChI is InChI=1S/C46H28N2O/c1-2-10-34-33(8-1)28-41(39-14-6-4-11-36(34)39)44-26-25-43(49-44)30-17-15-29(16-18-30)35-22-23-40(38-13-5-3-12-37(35)38)42-24-21-32-20-19-31-9-7-27-47-45(31)46(32)48-42/h1-28H/i3D,5D,12D,13D,22D,23D. The van der Waals surface area contributed by atoms with Gasteiger partial charge in [0.1, 0.15) is 11.5 Å². The Morgan fingerprint density at radius 2 is 1.10 bits per heavy atom. The molecule has 10 aromatic rings. The van der Waals surface area contributed by atoms with Gasteiger partial charge in [-0.3, -0.25) is 4.98 Å². The third kappa shape index (κ3) is 4.51. The maximum absolute atomic E-state index is 9.33. The lowest BCUT2D eigenvalue weighted by Crippen LogP contribution is -1.91. The topological polar surface area (TPSA) is 38.9 Å². The molecule has 7 aromatic carbocycles. The fourth-order valence-corrected chi connectivity index (χ4v) is 6.91. The Bertz CT molecular complexity index is 3230. The van der Waals surface area contributed by atoms with E-state index in [2.05, 4.69) is 35.3 Å². The molecular weight excluding hydrogens is 597 g/mol. The van der Waals surface area contributed by atoms with Gasteiger partial charge in [0, 0.05) is 33.7 Å². The van der Waals surface area contributed by atoms with E-state index >= 15 is 0 Å². The third-order valence-electron chi connectivity index (χ3n) is 9.29. The van der Waals surface area contributed by atoms with E-state index in [0.717, 1.165) is 43.8 Å². The van der Waals surface area contributed by atoms with Gasteiger partial charge in [-0.25, -0.2) is 4.98 Å². The summed E-state index contributed by atoms with van der Waals surface area (Å²) in [5, 5.41) is 6.58. The van der Waals surface area contributed by atoms with E-state index in [1.807, 2.05) is 91.0 Å². The van der Waals surface area contributed by atoms with Gasteiger partial charge in [-0.15, -0.1) is 0 Å². The summed E-state index contributed by atoms with van der Waals surface area (Å²) in [6, 6.07) is 39.6. The van der Waals surface area contributed by atoms with Crippen LogP contribution < -0.4 is 0 Å². The van der Waals surface area contributed by atoms with E-state index in [1.165, 1.54) is 5.39 Å². The van der Waals surface area contributed by atoms with Gasteiger partial charge in [0.25, 0.3) is 0 Å². The molecule has 0 N–H and O–H groups in total. The Hall–Kier alpha value is -6.58. The van der Waals surface area contributed by atoms with E-state index in [-0.39, 0.29) is 46.1 Å². The average molecular weight is 631 g/mol. The van der Waals surface area contributed by atoms with Crippen molar-refractivity contribution in [1.29, 1.82) is 0 Å². The number of furan rings is 1. The van der Waals surface area contributed by atoms with E-state index < -0.39 is 12.1 Å². The number of benzene rings is 7. The molecular formula is C46H28N2O. The molecule has 0 aliphatic heterocycles. The second-order valence-corrected chi connectivity index (χ2v) is 12.1. The molecule has 3 nitrogen and oxygen atoms in total. The first-order chi connectivity index (χ1) is 26.8. The van der Waals surface area contributed by atoms with Crippen molar-refractivity contribution in [2.45, 2.75) is 0 Å². The molecule has 3 aromatic heterocycles. The van der Waals surface area contributed by atoms with Gasteiger partial charge in [-0.2, -0.15) is 0 Å². The summed E-state index contributed by atoms with van der Waals surface area (Å²) in [7, 11) is 0. The molecule has 0 aliphatic carbocycles. The zero-order valence-electron chi connectivity index (χ0n) is 32.0. The fourth-order valence-electron chi connectivity index (χ4n) is 6.91. The molecule has 3 heteroatoms. The summed E-state index contributed by atoms with van der Waals surface area (Å²) in [5.74, 6) is 1.38. The summed E-state index contributed by atoms with van der Waals surface area (Å²) >= 11 is 0. The first kappa shape index (κ1) is 22.1. The van der Waals surface area contributed by atoms with Crippen LogP contribution in [-0.2, 0) is 0 Å². The largest absolute Gasteiger partial charge is 0.456 e. The lowest BCUT2D eigenvalue weighted by molar-refractivity contribution is 0.598. The van der Waals surface area contributed by atoms with E-state index in [1.54, 1.807) is 12.3 Å². The summed E-state index contributed by atoms with van der Waals surface area (Å²) in [4.78, 5) is 9.47. The molecule has 0 saturated carbocycles. The lowest BCUT2D eigenvalue weighted by Gasteiger charge is -2.13. The van der Waals surface area contributed by atoms with Crippen molar-refractivity contribution < 1.29 is 12.6 Å². The van der Waals surface area contributed by atoms with Crippen LogP contribution in [0.25, 0.3) is 99.2 Å². The average Bonchev–Trinajstić information content (AvgIpc) is 3.73. The molecule has 0 spiro atoms. The predicted molar refractivity (Wildman–Crippen MR) is 204 cm³/mol. The predicted octanol–water partition coefficient (Wildman–Crippen LogP) is 12.5. The van der Waals surface area contributed by atoms with E-state index in [9.17, 15) is 2.74 Å². The highest BCUT2D eigenvalue weighted by atomic mass is 16.3. The smallest absolute Gasteiger partial charge is 0.135 e. The molecule has 0 amide bonds. The number of aromatic nitrogens is 2. The molecule has 228 valence electrons. The van der Waals surface area contributed by atoms with Gasteiger partial charge in [0.2, 0.25) is 0 Å². The first-order valence-electron chi connectivity index (χ1n) is 19.1. The third-order valence-corrected chi connectivity index (χ3v) is 9.29. The quantitative estimate of drug-likeness (QED) is 0.182. The van der Waals surface area contributed by atoms with Crippen molar-refractivity contribution in [2.24, 2.45) is 0 Å². The molecule has 10 rings (SSSR count). The van der Waals surface area contributed by atoms with Crippen molar-refractivity contribution in [1.82, 2.24) is 9.97 Å². The Labute approximate surface area is 291 Å². The summed E-state index contributed by atoms with van der Waals surface area (Å²) in [6.07, 6.45) is 1.69. The van der Waals surface area contributed by atoms with Crippen LogP contribution in [0.2, 0.25) is 0 Å². The second kappa shape index (κ2) is 11.0. The van der Waals surface area contributed by atoms with Crippen molar-refractivity contribution in [3.8, 4) is 45.0 Å². The van der Waals surface area contributed by atoms with Gasteiger partial charge in [-0.1, -0.05) is 133 Å². The summed E-state index contributed by atoms with van der Waals surface area (Å²) in [6.45, 7) is 0. The van der Waals surface area contributed by atoms with Gasteiger partial charge in [0.15, 0.2) is 0 Å². The van der Waals surface area contributed by atoms with Crippen molar-refractivity contribution in [3.05, 3.63) is 170 Å². The van der Waals surface area contributed by atoms with Gasteiger partial charge in [0.05, 0.1) is 25.0 Å². The molecule has 0 saturated heterocycles. The fraction of sp³-hybridized carbons (Fsp3) is 0. The second-order valence-electron chi connectivity index (χ2n) is 12.1. The van der Waals surface area contributed by atoms with Crippen molar-refractivity contribution in [2.75, 3.05) is 0 Å². The van der Waals surface area contributed by atoms with Crippen LogP contribution in [0.1, 0.15) is 8.22 Å². The van der Waals surface area contributed by atoms with Crippen LogP contribution in [0.3, 0.4) is 0 Å². The number of hydrogen-bond acceptors (Lipinski definition) is 3. The molecule has 3 heterocycles. The van der Waals surface area contributed by atoms with Gasteiger partial charge < -0.3 is 4.42 Å². The zero-order valence-corrected chi connectivity index (χ0v) is 26.0. The Balaban J connectivity index is 1.12. The van der Waals surface area contributed by atoms with Crippen LogP contribution in [0.5, 0.6) is 0 Å². The molecule has 0 unspecified atom stereocenters. The normalized spacial score (nSPS) is 13.4. The highest BCUT2D eigenvalue weighted by Crippen LogP contribution is 2.39. The summed E-state index contributed by atoms with van der Waals surface area (Å²) in [5.41, 5.74) is 4.35. The minimum atomic E-state index is -0.419.